The standard InChI is InChI=1S/C24H25N5O5S/c1-16-7-10-34-21(16)24(31)28-20-4-2-3-17(13-20)5-6-18-14-19(15-27-22(18)25)23(30)29-35(32,33)11-8-26-9-12-35/h2-4,7,10,13-15,26H,8-9,11-12H2,1H3,(H2,25,27)(H,28,31)(H2,29,30,32,33). The molecule has 1 saturated heterocycles. The fourth-order valence-electron chi connectivity index (χ4n) is 3.42. The maximum absolute atomic E-state index is 12.7. The smallest absolute Gasteiger partial charge is 0.293 e. The molecule has 35 heavy (non-hydrogen) atoms. The second-order valence-corrected chi connectivity index (χ2v) is 11.6. The summed E-state index contributed by atoms with van der Waals surface area (Å²) in [5, 5.41) is 5.77. The van der Waals surface area contributed by atoms with Gasteiger partial charge in [-0.05, 0) is 37.3 Å². The van der Waals surface area contributed by atoms with E-state index in [-0.39, 0.29) is 40.1 Å². The average Bonchev–Trinajstić information content (AvgIpc) is 3.24. The SMILES string of the molecule is Cc1ccoc1C(=O)Nc1cccc(C#Cc2cc(C(=O)N=S3(O)(O)CCNCC3)cnc2N)c1. The van der Waals surface area contributed by atoms with E-state index in [0.29, 0.717) is 24.3 Å². The van der Waals surface area contributed by atoms with Crippen LogP contribution in [-0.4, -0.2) is 50.5 Å². The Kier molecular flexibility index (Phi) is 6.56. The average molecular weight is 496 g/mol. The molecule has 0 spiro atoms. The highest BCUT2D eigenvalue weighted by Crippen LogP contribution is 2.25. The van der Waals surface area contributed by atoms with Crippen molar-refractivity contribution < 1.29 is 23.1 Å². The molecule has 0 atom stereocenters. The second kappa shape index (κ2) is 9.44. The quantitative estimate of drug-likeness (QED) is 0.346. The zero-order chi connectivity index (χ0) is 25.1. The van der Waals surface area contributed by atoms with Gasteiger partial charge in [-0.1, -0.05) is 17.9 Å². The van der Waals surface area contributed by atoms with Gasteiger partial charge in [-0.2, -0.15) is 9.52 Å². The zero-order valence-electron chi connectivity index (χ0n) is 18.9. The number of hydrogen-bond acceptors (Lipinski definition) is 6. The molecule has 10 nitrogen and oxygen atoms in total. The Hall–Kier alpha value is -3.82. The van der Waals surface area contributed by atoms with Crippen molar-refractivity contribution in [1.29, 1.82) is 0 Å². The first-order chi connectivity index (χ1) is 16.6. The first kappa shape index (κ1) is 24.3. The largest absolute Gasteiger partial charge is 0.459 e. The highest BCUT2D eigenvalue weighted by atomic mass is 32.3. The Morgan fingerprint density at radius 1 is 1.20 bits per heavy atom. The van der Waals surface area contributed by atoms with Crippen LogP contribution in [0.4, 0.5) is 11.5 Å². The van der Waals surface area contributed by atoms with E-state index in [1.165, 1.54) is 18.5 Å². The summed E-state index contributed by atoms with van der Waals surface area (Å²) < 4.78 is 30.3. The lowest BCUT2D eigenvalue weighted by Gasteiger charge is -2.45. The number of anilines is 2. The summed E-state index contributed by atoms with van der Waals surface area (Å²) in [6.07, 6.45) is 2.68. The van der Waals surface area contributed by atoms with E-state index in [4.69, 9.17) is 10.2 Å². The van der Waals surface area contributed by atoms with Crippen LogP contribution in [0.3, 0.4) is 0 Å². The number of nitrogens with two attached hydrogens (primary N) is 1. The number of nitrogens with zero attached hydrogens (tertiary/aromatic N) is 2. The lowest BCUT2D eigenvalue weighted by molar-refractivity contribution is 0.0990. The Morgan fingerprint density at radius 2 is 1.97 bits per heavy atom. The van der Waals surface area contributed by atoms with Gasteiger partial charge < -0.3 is 20.8 Å². The minimum atomic E-state index is -4.16. The molecule has 1 aromatic carbocycles. The molecule has 1 aliphatic heterocycles. The van der Waals surface area contributed by atoms with E-state index in [1.807, 2.05) is 0 Å². The van der Waals surface area contributed by atoms with Crippen LogP contribution >= 0.6 is 0 Å². The number of aryl methyl sites for hydroxylation is 1. The van der Waals surface area contributed by atoms with E-state index in [1.54, 1.807) is 37.3 Å². The predicted molar refractivity (Wildman–Crippen MR) is 134 cm³/mol. The number of carbonyl (C=O) groups is 2. The fourth-order valence-corrected chi connectivity index (χ4v) is 5.42. The Balaban J connectivity index is 1.56. The highest BCUT2D eigenvalue weighted by molar-refractivity contribution is 8.12. The summed E-state index contributed by atoms with van der Waals surface area (Å²) in [6.45, 7) is 2.51. The van der Waals surface area contributed by atoms with E-state index < -0.39 is 15.4 Å². The molecule has 4 rings (SSSR count). The lowest BCUT2D eigenvalue weighted by Crippen LogP contribution is -2.51. The van der Waals surface area contributed by atoms with Crippen molar-refractivity contribution in [2.75, 3.05) is 35.6 Å². The van der Waals surface area contributed by atoms with Crippen LogP contribution in [0.1, 0.15) is 37.6 Å². The molecule has 3 heterocycles. The third-order valence-corrected chi connectivity index (χ3v) is 8.05. The van der Waals surface area contributed by atoms with Crippen LogP contribution in [0.2, 0.25) is 0 Å². The van der Waals surface area contributed by atoms with Gasteiger partial charge in [0.1, 0.15) is 5.82 Å². The minimum absolute atomic E-state index is 0.00955. The zero-order valence-corrected chi connectivity index (χ0v) is 19.8. The number of carbonyl (C=O) groups excluding carboxylic acids is 2. The number of pyridine rings is 1. The van der Waals surface area contributed by atoms with Crippen molar-refractivity contribution >= 4 is 32.8 Å². The van der Waals surface area contributed by atoms with Crippen LogP contribution in [0.25, 0.3) is 0 Å². The molecule has 0 unspecified atom stereocenters. The van der Waals surface area contributed by atoms with Gasteiger partial charge in [0.05, 0.1) is 28.9 Å². The summed E-state index contributed by atoms with van der Waals surface area (Å²) >= 11 is 0. The van der Waals surface area contributed by atoms with Gasteiger partial charge in [-0.15, -0.1) is 4.36 Å². The minimum Gasteiger partial charge on any atom is -0.459 e. The number of rotatable bonds is 3. The summed E-state index contributed by atoms with van der Waals surface area (Å²) in [5.41, 5.74) is 8.11. The third-order valence-electron chi connectivity index (χ3n) is 5.38. The number of nitrogen functional groups attached to an aromatic ring is 1. The van der Waals surface area contributed by atoms with Crippen molar-refractivity contribution in [3.63, 3.8) is 0 Å². The first-order valence-electron chi connectivity index (χ1n) is 10.7. The number of furan rings is 1. The Bertz CT molecular complexity index is 1430. The van der Waals surface area contributed by atoms with Crippen molar-refractivity contribution in [3.05, 3.63) is 76.9 Å². The topological polar surface area (TPSA) is 163 Å². The molecule has 2 aromatic heterocycles. The number of aromatic nitrogens is 1. The molecule has 6 N–H and O–H groups in total. The molecule has 0 saturated carbocycles. The summed E-state index contributed by atoms with van der Waals surface area (Å²) in [7, 11) is -4.16. The van der Waals surface area contributed by atoms with Crippen molar-refractivity contribution in [2.45, 2.75) is 6.92 Å². The Labute approximate surface area is 202 Å². The maximum atomic E-state index is 12.7. The number of hydrogen-bond donors (Lipinski definition) is 5. The molecule has 2 amide bonds. The highest BCUT2D eigenvalue weighted by Gasteiger charge is 2.27. The van der Waals surface area contributed by atoms with Crippen LogP contribution in [-0.2, 0) is 9.52 Å². The molecule has 3 aromatic rings. The van der Waals surface area contributed by atoms with Crippen molar-refractivity contribution in [3.8, 4) is 11.8 Å². The molecule has 11 heteroatoms. The summed E-state index contributed by atoms with van der Waals surface area (Å²) in [6, 6.07) is 10.0. The predicted octanol–water partition coefficient (Wildman–Crippen LogP) is 2.78. The fraction of sp³-hybridized carbons (Fsp3) is 0.208. The van der Waals surface area contributed by atoms with E-state index in [9.17, 15) is 18.7 Å². The van der Waals surface area contributed by atoms with Gasteiger partial charge in [-0.25, -0.2) is 4.98 Å². The van der Waals surface area contributed by atoms with Gasteiger partial charge in [0.15, 0.2) is 5.76 Å². The van der Waals surface area contributed by atoms with Gasteiger partial charge >= 0.3 is 0 Å². The van der Waals surface area contributed by atoms with Gasteiger partial charge in [0.2, 0.25) is 0 Å². The molecule has 1 aliphatic rings. The number of benzene rings is 1. The van der Waals surface area contributed by atoms with Crippen LogP contribution in [0.15, 0.2) is 57.6 Å². The first-order valence-corrected chi connectivity index (χ1v) is 13.0. The van der Waals surface area contributed by atoms with Gasteiger partial charge in [0.25, 0.3) is 11.8 Å². The lowest BCUT2D eigenvalue weighted by atomic mass is 10.1. The van der Waals surface area contributed by atoms with Crippen LogP contribution < -0.4 is 16.4 Å². The van der Waals surface area contributed by atoms with Crippen LogP contribution in [0.5, 0.6) is 0 Å². The molecule has 1 fully saturated rings. The molecule has 0 radical (unpaired) electrons. The Morgan fingerprint density at radius 3 is 2.69 bits per heavy atom. The molecular formula is C24H25N5O5S. The van der Waals surface area contributed by atoms with Crippen molar-refractivity contribution in [1.82, 2.24) is 10.3 Å². The number of nitrogens with one attached hydrogen (secondary N) is 2. The third kappa shape index (κ3) is 5.82. The summed E-state index contributed by atoms with van der Waals surface area (Å²) in [4.78, 5) is 29.1. The second-order valence-electron chi connectivity index (χ2n) is 8.15. The van der Waals surface area contributed by atoms with E-state index >= 15 is 0 Å². The van der Waals surface area contributed by atoms with Crippen molar-refractivity contribution in [2.24, 2.45) is 4.36 Å². The molecule has 182 valence electrons. The monoisotopic (exact) mass is 495 g/mol. The van der Waals surface area contributed by atoms with Gasteiger partial charge in [0, 0.05) is 36.1 Å². The molecule has 0 aliphatic carbocycles. The molecular weight excluding hydrogens is 470 g/mol. The van der Waals surface area contributed by atoms with Gasteiger partial charge in [-0.3, -0.25) is 18.7 Å². The number of amides is 2. The van der Waals surface area contributed by atoms with Crippen LogP contribution in [0, 0.1) is 18.8 Å². The maximum Gasteiger partial charge on any atom is 0.293 e. The summed E-state index contributed by atoms with van der Waals surface area (Å²) in [5.74, 6) is 4.98. The van der Waals surface area contributed by atoms with E-state index in [2.05, 4.69) is 31.8 Å². The normalized spacial score (nSPS) is 17.2. The van der Waals surface area contributed by atoms with E-state index in [0.717, 1.165) is 5.56 Å². The molecule has 0 bridgehead atoms.